The summed E-state index contributed by atoms with van der Waals surface area (Å²) in [5.41, 5.74) is 5.92. The van der Waals surface area contributed by atoms with Gasteiger partial charge in [0, 0.05) is 11.1 Å². The van der Waals surface area contributed by atoms with E-state index in [-0.39, 0.29) is 13.2 Å². The highest BCUT2D eigenvalue weighted by Crippen LogP contribution is 2.30. The van der Waals surface area contributed by atoms with E-state index in [4.69, 9.17) is 14.2 Å². The van der Waals surface area contributed by atoms with Gasteiger partial charge >= 0.3 is 0 Å². The Morgan fingerprint density at radius 1 is 0.867 bits per heavy atom. The van der Waals surface area contributed by atoms with E-state index in [1.807, 2.05) is 42.5 Å². The zero-order valence-corrected chi connectivity index (χ0v) is 16.0. The van der Waals surface area contributed by atoms with Crippen molar-refractivity contribution in [3.8, 4) is 17.2 Å². The molecule has 0 saturated carbocycles. The molecule has 1 atom stereocenters. The lowest BCUT2D eigenvalue weighted by molar-refractivity contribution is -0.131. The molecule has 4 rings (SSSR count). The van der Waals surface area contributed by atoms with Crippen LogP contribution in [0.4, 0.5) is 0 Å². The van der Waals surface area contributed by atoms with E-state index in [1.54, 1.807) is 36.4 Å². The third-order valence-corrected chi connectivity index (χ3v) is 4.50. The predicted molar refractivity (Wildman–Crippen MR) is 109 cm³/mol. The molecule has 0 aromatic heterocycles. The number of rotatable bonds is 5. The summed E-state index contributed by atoms with van der Waals surface area (Å²) in [6.07, 6.45) is -0.864. The number of fused-ring (bicyclic) bond motifs is 1. The van der Waals surface area contributed by atoms with Gasteiger partial charge in [0.25, 0.3) is 11.8 Å². The molecule has 152 valence electrons. The molecule has 2 amide bonds. The van der Waals surface area contributed by atoms with Crippen LogP contribution in [-0.4, -0.2) is 24.5 Å². The van der Waals surface area contributed by atoms with Crippen molar-refractivity contribution >= 4 is 11.8 Å². The molecule has 0 spiro atoms. The number of nitrogens with one attached hydrogen (secondary N) is 2. The number of hydrogen-bond donors (Lipinski definition) is 2. The lowest BCUT2D eigenvalue weighted by atomic mass is 10.1. The second-order valence-corrected chi connectivity index (χ2v) is 6.57. The molecule has 1 aliphatic heterocycles. The minimum atomic E-state index is -0.864. The Hall–Kier alpha value is -4.00. The summed E-state index contributed by atoms with van der Waals surface area (Å²) < 4.78 is 16.9. The van der Waals surface area contributed by atoms with Crippen molar-refractivity contribution in [2.24, 2.45) is 0 Å². The fourth-order valence-electron chi connectivity index (χ4n) is 2.96. The number of carbonyl (C=O) groups excluding carboxylic acids is 2. The first-order valence-corrected chi connectivity index (χ1v) is 9.45. The van der Waals surface area contributed by atoms with Crippen LogP contribution in [0.25, 0.3) is 0 Å². The highest BCUT2D eigenvalue weighted by molar-refractivity contribution is 5.97. The Morgan fingerprint density at radius 3 is 2.40 bits per heavy atom. The molecule has 0 bridgehead atoms. The number of benzene rings is 3. The van der Waals surface area contributed by atoms with Gasteiger partial charge in [-0.2, -0.15) is 0 Å². The largest absolute Gasteiger partial charge is 0.489 e. The molecule has 7 heteroatoms. The summed E-state index contributed by atoms with van der Waals surface area (Å²) in [4.78, 5) is 25.0. The molecule has 0 aliphatic carbocycles. The Bertz CT molecular complexity index is 1040. The molecule has 0 fully saturated rings. The molecule has 30 heavy (non-hydrogen) atoms. The molecular weight excluding hydrogens is 384 g/mol. The van der Waals surface area contributed by atoms with Gasteiger partial charge in [-0.25, -0.2) is 0 Å². The van der Waals surface area contributed by atoms with Crippen LogP contribution in [0.3, 0.4) is 0 Å². The smallest absolute Gasteiger partial charge is 0.283 e. The zero-order valence-electron chi connectivity index (χ0n) is 16.0. The van der Waals surface area contributed by atoms with Crippen LogP contribution in [0.15, 0.2) is 78.9 Å². The highest BCUT2D eigenvalue weighted by Gasteiger charge is 2.27. The summed E-state index contributed by atoms with van der Waals surface area (Å²) in [5.74, 6) is 0.816. The number of ether oxygens (including phenoxy) is 3. The maximum absolute atomic E-state index is 12.6. The molecule has 3 aromatic carbocycles. The van der Waals surface area contributed by atoms with Crippen molar-refractivity contribution in [2.75, 3.05) is 6.61 Å². The van der Waals surface area contributed by atoms with Gasteiger partial charge in [0.15, 0.2) is 11.5 Å². The maximum atomic E-state index is 12.6. The Morgan fingerprint density at radius 2 is 1.57 bits per heavy atom. The van der Waals surface area contributed by atoms with Crippen molar-refractivity contribution in [2.45, 2.75) is 12.7 Å². The van der Waals surface area contributed by atoms with E-state index in [0.717, 1.165) is 0 Å². The molecule has 1 heterocycles. The molecule has 2 N–H and O–H groups in total. The van der Waals surface area contributed by atoms with Gasteiger partial charge in [0.2, 0.25) is 6.10 Å². The quantitative estimate of drug-likeness (QED) is 0.639. The van der Waals surface area contributed by atoms with Crippen LogP contribution < -0.4 is 25.1 Å². The van der Waals surface area contributed by atoms with Crippen molar-refractivity contribution in [1.29, 1.82) is 0 Å². The number of hydrogen-bond acceptors (Lipinski definition) is 5. The molecule has 1 aliphatic rings. The molecule has 1 unspecified atom stereocenters. The van der Waals surface area contributed by atoms with Crippen LogP contribution in [0.5, 0.6) is 17.2 Å². The molecule has 0 saturated heterocycles. The highest BCUT2D eigenvalue weighted by atomic mass is 16.6. The standard InChI is InChI=1S/C23H20N2O5/c26-22(18-11-5-4-8-16(18)14-28-17-9-2-1-3-10-17)24-25-23(27)21-15-29-19-12-6-7-13-20(19)30-21/h1-13,21H,14-15H2,(H,24,26)(H,25,27). The summed E-state index contributed by atoms with van der Waals surface area (Å²) in [7, 11) is 0. The van der Waals surface area contributed by atoms with Crippen molar-refractivity contribution in [3.05, 3.63) is 90.0 Å². The summed E-state index contributed by atoms with van der Waals surface area (Å²) in [6, 6.07) is 23.5. The first kappa shape index (κ1) is 19.3. The van der Waals surface area contributed by atoms with Gasteiger partial charge in [-0.3, -0.25) is 20.4 Å². The van der Waals surface area contributed by atoms with Gasteiger partial charge in [0.05, 0.1) is 0 Å². The van der Waals surface area contributed by atoms with E-state index >= 15 is 0 Å². The van der Waals surface area contributed by atoms with E-state index in [2.05, 4.69) is 10.9 Å². The third kappa shape index (κ3) is 4.52. The van der Waals surface area contributed by atoms with Crippen molar-refractivity contribution in [3.63, 3.8) is 0 Å². The predicted octanol–water partition coefficient (Wildman–Crippen LogP) is 2.87. The minimum Gasteiger partial charge on any atom is -0.489 e. The summed E-state index contributed by atoms with van der Waals surface area (Å²) in [6.45, 7) is 0.276. The van der Waals surface area contributed by atoms with Crippen LogP contribution in [-0.2, 0) is 11.4 Å². The average molecular weight is 404 g/mol. The van der Waals surface area contributed by atoms with Crippen molar-refractivity contribution < 1.29 is 23.8 Å². The fourth-order valence-corrected chi connectivity index (χ4v) is 2.96. The van der Waals surface area contributed by atoms with Crippen LogP contribution in [0.2, 0.25) is 0 Å². The monoisotopic (exact) mass is 404 g/mol. The first-order valence-electron chi connectivity index (χ1n) is 9.45. The topological polar surface area (TPSA) is 85.9 Å². The van der Waals surface area contributed by atoms with Gasteiger partial charge in [-0.15, -0.1) is 0 Å². The lowest BCUT2D eigenvalue weighted by Gasteiger charge is -2.25. The fraction of sp³-hybridized carbons (Fsp3) is 0.130. The number of hydrazine groups is 1. The summed E-state index contributed by atoms with van der Waals surface area (Å²) >= 11 is 0. The minimum absolute atomic E-state index is 0.0558. The lowest BCUT2D eigenvalue weighted by Crippen LogP contribution is -2.51. The zero-order chi connectivity index (χ0) is 20.8. The van der Waals surface area contributed by atoms with Gasteiger partial charge < -0.3 is 14.2 Å². The van der Waals surface area contributed by atoms with Crippen LogP contribution in [0.1, 0.15) is 15.9 Å². The number of carbonyl (C=O) groups is 2. The summed E-state index contributed by atoms with van der Waals surface area (Å²) in [5, 5.41) is 0. The molecule has 3 aromatic rings. The Labute approximate surface area is 173 Å². The van der Waals surface area contributed by atoms with E-state index in [9.17, 15) is 9.59 Å². The van der Waals surface area contributed by atoms with Gasteiger partial charge in [0.1, 0.15) is 19.0 Å². The average Bonchev–Trinajstić information content (AvgIpc) is 2.81. The third-order valence-electron chi connectivity index (χ3n) is 4.50. The number of para-hydroxylation sites is 3. The SMILES string of the molecule is O=C(NNC(=O)C1COc2ccccc2O1)c1ccccc1COc1ccccc1. The van der Waals surface area contributed by atoms with Crippen LogP contribution >= 0.6 is 0 Å². The number of amides is 2. The Kier molecular flexibility index (Phi) is 5.80. The Balaban J connectivity index is 1.35. The molecule has 7 nitrogen and oxygen atoms in total. The maximum Gasteiger partial charge on any atom is 0.283 e. The van der Waals surface area contributed by atoms with E-state index in [1.165, 1.54) is 0 Å². The van der Waals surface area contributed by atoms with Gasteiger partial charge in [-0.1, -0.05) is 48.5 Å². The molecule has 0 radical (unpaired) electrons. The van der Waals surface area contributed by atoms with E-state index in [0.29, 0.717) is 28.4 Å². The molecular formula is C23H20N2O5. The second-order valence-electron chi connectivity index (χ2n) is 6.57. The van der Waals surface area contributed by atoms with E-state index < -0.39 is 17.9 Å². The second kappa shape index (κ2) is 9.00. The first-order chi connectivity index (χ1) is 14.7. The van der Waals surface area contributed by atoms with Crippen molar-refractivity contribution in [1.82, 2.24) is 10.9 Å². The van der Waals surface area contributed by atoms with Crippen LogP contribution in [0, 0.1) is 0 Å². The normalized spacial score (nSPS) is 14.5. The van der Waals surface area contributed by atoms with Gasteiger partial charge in [-0.05, 0) is 30.3 Å².